The molecule has 4 nitrogen and oxygen atoms in total. The number of halogens is 1. The Kier molecular flexibility index (Phi) is 3.99. The number of aromatic nitrogens is 2. The number of nitrogens with zero attached hydrogens (tertiary/aromatic N) is 3. The molecule has 1 saturated heterocycles. The summed E-state index contributed by atoms with van der Waals surface area (Å²) in [6.07, 6.45) is 1.88. The lowest BCUT2D eigenvalue weighted by Crippen LogP contribution is -2.43. The standard InChI is InChI=1S/C13H16N4.ClH/c1-10-2-3-11-12(8-10)15-9-13(16-11)17-6-4-14-5-7-17;/h2-3,8-9,14H,4-7H2,1H3;1H. The third-order valence-corrected chi connectivity index (χ3v) is 3.13. The maximum absolute atomic E-state index is 4.68. The van der Waals surface area contributed by atoms with Gasteiger partial charge in [0.05, 0.1) is 17.2 Å². The molecule has 1 aromatic carbocycles. The molecule has 0 amide bonds. The predicted molar refractivity (Wildman–Crippen MR) is 76.6 cm³/mol. The molecule has 96 valence electrons. The van der Waals surface area contributed by atoms with Gasteiger partial charge >= 0.3 is 0 Å². The molecule has 1 N–H and O–H groups in total. The van der Waals surface area contributed by atoms with Crippen LogP contribution in [0, 0.1) is 6.92 Å². The molecule has 0 aliphatic carbocycles. The Morgan fingerprint density at radius 2 is 1.94 bits per heavy atom. The fourth-order valence-electron chi connectivity index (χ4n) is 2.16. The molecule has 0 radical (unpaired) electrons. The van der Waals surface area contributed by atoms with E-state index in [-0.39, 0.29) is 12.4 Å². The first-order chi connectivity index (χ1) is 8.33. The Morgan fingerprint density at radius 1 is 1.17 bits per heavy atom. The van der Waals surface area contributed by atoms with E-state index in [9.17, 15) is 0 Å². The van der Waals surface area contributed by atoms with E-state index in [0.717, 1.165) is 43.0 Å². The number of hydrogen-bond donors (Lipinski definition) is 1. The summed E-state index contributed by atoms with van der Waals surface area (Å²) in [4.78, 5) is 11.4. The SMILES string of the molecule is Cc1ccc2nc(N3CCNCC3)cnc2c1.Cl. The van der Waals surface area contributed by atoms with Crippen molar-refractivity contribution in [3.8, 4) is 0 Å². The van der Waals surface area contributed by atoms with E-state index < -0.39 is 0 Å². The molecular formula is C13H17ClN4. The van der Waals surface area contributed by atoms with Gasteiger partial charge in [0.2, 0.25) is 0 Å². The van der Waals surface area contributed by atoms with Crippen LogP contribution in [-0.2, 0) is 0 Å². The Morgan fingerprint density at radius 3 is 2.72 bits per heavy atom. The number of anilines is 1. The Hall–Kier alpha value is -1.39. The zero-order valence-electron chi connectivity index (χ0n) is 10.4. The lowest BCUT2D eigenvalue weighted by molar-refractivity contribution is 0.585. The summed E-state index contributed by atoms with van der Waals surface area (Å²) in [5, 5.41) is 3.34. The van der Waals surface area contributed by atoms with Crippen LogP contribution < -0.4 is 10.2 Å². The van der Waals surface area contributed by atoms with Gasteiger partial charge in [-0.05, 0) is 24.6 Å². The van der Waals surface area contributed by atoms with Gasteiger partial charge in [-0.1, -0.05) is 6.07 Å². The van der Waals surface area contributed by atoms with Crippen LogP contribution in [0.2, 0.25) is 0 Å². The van der Waals surface area contributed by atoms with Gasteiger partial charge in [0.15, 0.2) is 0 Å². The number of fused-ring (bicyclic) bond motifs is 1. The zero-order chi connectivity index (χ0) is 11.7. The molecule has 0 saturated carbocycles. The largest absolute Gasteiger partial charge is 0.353 e. The van der Waals surface area contributed by atoms with Crippen molar-refractivity contribution < 1.29 is 0 Å². The summed E-state index contributed by atoms with van der Waals surface area (Å²) in [6, 6.07) is 6.20. The van der Waals surface area contributed by atoms with Crippen LogP contribution in [0.4, 0.5) is 5.82 Å². The number of rotatable bonds is 1. The Bertz CT molecular complexity index is 538. The highest BCUT2D eigenvalue weighted by molar-refractivity contribution is 5.85. The van der Waals surface area contributed by atoms with Crippen molar-refractivity contribution in [2.24, 2.45) is 0 Å². The fraction of sp³-hybridized carbons (Fsp3) is 0.385. The van der Waals surface area contributed by atoms with Crippen LogP contribution in [0.25, 0.3) is 11.0 Å². The molecule has 1 aromatic heterocycles. The third kappa shape index (κ3) is 2.54. The van der Waals surface area contributed by atoms with E-state index >= 15 is 0 Å². The lowest BCUT2D eigenvalue weighted by Gasteiger charge is -2.28. The molecular weight excluding hydrogens is 248 g/mol. The van der Waals surface area contributed by atoms with E-state index in [0.29, 0.717) is 0 Å². The third-order valence-electron chi connectivity index (χ3n) is 3.13. The van der Waals surface area contributed by atoms with E-state index in [1.54, 1.807) is 0 Å². The van der Waals surface area contributed by atoms with Crippen LogP contribution in [0.3, 0.4) is 0 Å². The summed E-state index contributed by atoms with van der Waals surface area (Å²) >= 11 is 0. The number of nitrogens with one attached hydrogen (secondary N) is 1. The molecule has 0 spiro atoms. The molecule has 2 heterocycles. The van der Waals surface area contributed by atoms with Gasteiger partial charge in [-0.15, -0.1) is 12.4 Å². The van der Waals surface area contributed by atoms with Crippen molar-refractivity contribution in [2.75, 3.05) is 31.1 Å². The Labute approximate surface area is 113 Å². The van der Waals surface area contributed by atoms with E-state index in [2.05, 4.69) is 39.2 Å². The molecule has 5 heteroatoms. The number of benzene rings is 1. The smallest absolute Gasteiger partial charge is 0.147 e. The minimum absolute atomic E-state index is 0. The van der Waals surface area contributed by atoms with Gasteiger partial charge in [-0.25, -0.2) is 4.98 Å². The average molecular weight is 265 g/mol. The van der Waals surface area contributed by atoms with Crippen LogP contribution in [0.15, 0.2) is 24.4 Å². The lowest BCUT2D eigenvalue weighted by atomic mass is 10.2. The molecule has 1 fully saturated rings. The second kappa shape index (κ2) is 5.50. The number of piperazine rings is 1. The van der Waals surface area contributed by atoms with Gasteiger partial charge in [0, 0.05) is 26.2 Å². The summed E-state index contributed by atoms with van der Waals surface area (Å²) < 4.78 is 0. The van der Waals surface area contributed by atoms with Crippen LogP contribution >= 0.6 is 12.4 Å². The van der Waals surface area contributed by atoms with E-state index in [1.807, 2.05) is 12.3 Å². The van der Waals surface area contributed by atoms with Gasteiger partial charge < -0.3 is 10.2 Å². The van der Waals surface area contributed by atoms with Gasteiger partial charge in [0.1, 0.15) is 5.82 Å². The van der Waals surface area contributed by atoms with Crippen LogP contribution in [-0.4, -0.2) is 36.1 Å². The first-order valence-corrected chi connectivity index (χ1v) is 6.02. The van der Waals surface area contributed by atoms with Crippen molar-refractivity contribution in [1.82, 2.24) is 15.3 Å². The summed E-state index contributed by atoms with van der Waals surface area (Å²) in [7, 11) is 0. The van der Waals surface area contributed by atoms with Gasteiger partial charge in [0.25, 0.3) is 0 Å². The van der Waals surface area contributed by atoms with Crippen molar-refractivity contribution in [2.45, 2.75) is 6.92 Å². The van der Waals surface area contributed by atoms with Gasteiger partial charge in [-0.2, -0.15) is 0 Å². The van der Waals surface area contributed by atoms with Crippen molar-refractivity contribution in [1.29, 1.82) is 0 Å². The molecule has 1 aliphatic heterocycles. The Balaban J connectivity index is 0.00000120. The zero-order valence-corrected chi connectivity index (χ0v) is 11.2. The first-order valence-electron chi connectivity index (χ1n) is 6.02. The highest BCUT2D eigenvalue weighted by Crippen LogP contribution is 2.16. The summed E-state index contributed by atoms with van der Waals surface area (Å²) in [5.74, 6) is 0.989. The monoisotopic (exact) mass is 264 g/mol. The average Bonchev–Trinajstić information content (AvgIpc) is 2.39. The number of aryl methyl sites for hydroxylation is 1. The molecule has 1 aliphatic rings. The van der Waals surface area contributed by atoms with E-state index in [4.69, 9.17) is 0 Å². The summed E-state index contributed by atoms with van der Waals surface area (Å²) in [6.45, 7) is 6.13. The second-order valence-corrected chi connectivity index (χ2v) is 4.46. The number of hydrogen-bond acceptors (Lipinski definition) is 4. The molecule has 2 aromatic rings. The maximum atomic E-state index is 4.68. The molecule has 0 unspecified atom stereocenters. The van der Waals surface area contributed by atoms with Crippen LogP contribution in [0.1, 0.15) is 5.56 Å². The van der Waals surface area contributed by atoms with Crippen molar-refractivity contribution in [3.63, 3.8) is 0 Å². The quantitative estimate of drug-likeness (QED) is 0.852. The van der Waals surface area contributed by atoms with Crippen molar-refractivity contribution >= 4 is 29.3 Å². The first kappa shape index (κ1) is 13.1. The fourth-order valence-corrected chi connectivity index (χ4v) is 2.16. The molecule has 0 bridgehead atoms. The second-order valence-electron chi connectivity index (χ2n) is 4.46. The minimum atomic E-state index is 0. The highest BCUT2D eigenvalue weighted by Gasteiger charge is 2.12. The van der Waals surface area contributed by atoms with Gasteiger partial charge in [-0.3, -0.25) is 4.98 Å². The maximum Gasteiger partial charge on any atom is 0.147 e. The van der Waals surface area contributed by atoms with Crippen molar-refractivity contribution in [3.05, 3.63) is 30.0 Å². The molecule has 3 rings (SSSR count). The topological polar surface area (TPSA) is 41.1 Å². The van der Waals surface area contributed by atoms with Crippen LogP contribution in [0.5, 0.6) is 0 Å². The highest BCUT2D eigenvalue weighted by atomic mass is 35.5. The van der Waals surface area contributed by atoms with E-state index in [1.165, 1.54) is 5.56 Å². The normalized spacial score (nSPS) is 15.5. The summed E-state index contributed by atoms with van der Waals surface area (Å²) in [5.41, 5.74) is 3.18. The minimum Gasteiger partial charge on any atom is -0.353 e. The predicted octanol–water partition coefficient (Wildman–Crippen LogP) is 1.77. The molecule has 18 heavy (non-hydrogen) atoms. The molecule has 0 atom stereocenters.